The number of rotatable bonds is 4. The molecule has 96 valence electrons. The predicted molar refractivity (Wildman–Crippen MR) is 66.8 cm³/mol. The molecule has 0 spiro atoms. The Balaban J connectivity index is 2.28. The van der Waals surface area contributed by atoms with Crippen molar-refractivity contribution >= 4 is 11.9 Å². The summed E-state index contributed by atoms with van der Waals surface area (Å²) in [4.78, 5) is 25.5. The molecule has 0 bridgehead atoms. The minimum Gasteiger partial charge on any atom is -0.464 e. The standard InChI is InChI=1S/C14H17NO3/c1-2-18-14(17)13(11-7-4-3-5-8-11)15-10-6-9-12(15)16/h3-5,7-8,13H,2,6,9-10H2,1H3. The maximum Gasteiger partial charge on any atom is 0.333 e. The second kappa shape index (κ2) is 5.67. The van der Waals surface area contributed by atoms with E-state index < -0.39 is 6.04 Å². The number of nitrogens with zero attached hydrogens (tertiary/aromatic N) is 1. The van der Waals surface area contributed by atoms with Crippen LogP contribution in [0.25, 0.3) is 0 Å². The molecule has 0 N–H and O–H groups in total. The van der Waals surface area contributed by atoms with E-state index in [0.29, 0.717) is 19.6 Å². The van der Waals surface area contributed by atoms with Crippen molar-refractivity contribution in [3.05, 3.63) is 35.9 Å². The van der Waals surface area contributed by atoms with E-state index in [4.69, 9.17) is 4.74 Å². The summed E-state index contributed by atoms with van der Waals surface area (Å²) in [5.41, 5.74) is 0.811. The van der Waals surface area contributed by atoms with Crippen LogP contribution in [0.2, 0.25) is 0 Å². The SMILES string of the molecule is CCOC(=O)C(c1ccccc1)N1CCCC1=O. The zero-order valence-corrected chi connectivity index (χ0v) is 10.5. The Hall–Kier alpha value is -1.84. The van der Waals surface area contributed by atoms with Gasteiger partial charge in [-0.15, -0.1) is 0 Å². The van der Waals surface area contributed by atoms with E-state index in [1.807, 2.05) is 30.3 Å². The Bertz CT molecular complexity index is 430. The van der Waals surface area contributed by atoms with Crippen LogP contribution in [0.3, 0.4) is 0 Å². The van der Waals surface area contributed by atoms with Crippen LogP contribution in [0.4, 0.5) is 0 Å². The Morgan fingerprint density at radius 2 is 2.11 bits per heavy atom. The molecule has 1 saturated heterocycles. The maximum atomic E-state index is 12.1. The number of esters is 1. The molecule has 0 aliphatic carbocycles. The van der Waals surface area contributed by atoms with E-state index >= 15 is 0 Å². The lowest BCUT2D eigenvalue weighted by Gasteiger charge is -2.26. The molecule has 4 heteroatoms. The van der Waals surface area contributed by atoms with Gasteiger partial charge in [-0.1, -0.05) is 30.3 Å². The van der Waals surface area contributed by atoms with Crippen molar-refractivity contribution < 1.29 is 14.3 Å². The monoisotopic (exact) mass is 247 g/mol. The van der Waals surface area contributed by atoms with E-state index in [0.717, 1.165) is 12.0 Å². The van der Waals surface area contributed by atoms with Gasteiger partial charge in [0.1, 0.15) is 0 Å². The van der Waals surface area contributed by atoms with Gasteiger partial charge >= 0.3 is 5.97 Å². The molecule has 1 aliphatic heterocycles. The van der Waals surface area contributed by atoms with Crippen LogP contribution in [0, 0.1) is 0 Å². The molecule has 1 atom stereocenters. The lowest BCUT2D eigenvalue weighted by atomic mass is 10.1. The number of ether oxygens (including phenoxy) is 1. The van der Waals surface area contributed by atoms with Crippen molar-refractivity contribution in [1.82, 2.24) is 4.90 Å². The van der Waals surface area contributed by atoms with Gasteiger partial charge in [-0.2, -0.15) is 0 Å². The van der Waals surface area contributed by atoms with Crippen LogP contribution in [-0.2, 0) is 14.3 Å². The van der Waals surface area contributed by atoms with E-state index in [9.17, 15) is 9.59 Å². The molecule has 1 fully saturated rings. The summed E-state index contributed by atoms with van der Waals surface area (Å²) in [7, 11) is 0. The summed E-state index contributed by atoms with van der Waals surface area (Å²) in [6.07, 6.45) is 1.32. The lowest BCUT2D eigenvalue weighted by molar-refractivity contribution is -0.153. The number of hydrogen-bond acceptors (Lipinski definition) is 3. The fourth-order valence-corrected chi connectivity index (χ4v) is 2.24. The number of carbonyl (C=O) groups excluding carboxylic acids is 2. The number of benzene rings is 1. The molecule has 1 heterocycles. The summed E-state index contributed by atoms with van der Waals surface area (Å²) in [5, 5.41) is 0. The Kier molecular flexibility index (Phi) is 3.97. The molecule has 1 unspecified atom stereocenters. The van der Waals surface area contributed by atoms with Gasteiger partial charge in [-0.3, -0.25) is 4.79 Å². The fourth-order valence-electron chi connectivity index (χ4n) is 2.24. The summed E-state index contributed by atoms with van der Waals surface area (Å²) in [6, 6.07) is 8.73. The molecule has 1 amide bonds. The molecule has 0 radical (unpaired) electrons. The van der Waals surface area contributed by atoms with Crippen molar-refractivity contribution in [3.63, 3.8) is 0 Å². The zero-order chi connectivity index (χ0) is 13.0. The molecule has 0 aromatic heterocycles. The molecular weight excluding hydrogens is 230 g/mol. The van der Waals surface area contributed by atoms with Crippen molar-refractivity contribution in [2.75, 3.05) is 13.2 Å². The van der Waals surface area contributed by atoms with Crippen LogP contribution < -0.4 is 0 Å². The summed E-state index contributed by atoms with van der Waals surface area (Å²) in [5.74, 6) is -0.323. The summed E-state index contributed by atoms with van der Waals surface area (Å²) >= 11 is 0. The first-order valence-corrected chi connectivity index (χ1v) is 6.25. The van der Waals surface area contributed by atoms with E-state index in [-0.39, 0.29) is 11.9 Å². The van der Waals surface area contributed by atoms with Crippen LogP contribution in [-0.4, -0.2) is 29.9 Å². The van der Waals surface area contributed by atoms with Gasteiger partial charge in [-0.25, -0.2) is 4.79 Å². The third kappa shape index (κ3) is 2.53. The van der Waals surface area contributed by atoms with E-state index in [2.05, 4.69) is 0 Å². The highest BCUT2D eigenvalue weighted by atomic mass is 16.5. The van der Waals surface area contributed by atoms with E-state index in [1.165, 1.54) is 0 Å². The van der Waals surface area contributed by atoms with Crippen LogP contribution in [0.15, 0.2) is 30.3 Å². The average Bonchev–Trinajstić information content (AvgIpc) is 2.78. The predicted octanol–water partition coefficient (Wildman–Crippen LogP) is 1.91. The largest absolute Gasteiger partial charge is 0.464 e. The Morgan fingerprint density at radius 1 is 1.39 bits per heavy atom. The highest BCUT2D eigenvalue weighted by Gasteiger charge is 2.34. The zero-order valence-electron chi connectivity index (χ0n) is 10.5. The van der Waals surface area contributed by atoms with Gasteiger partial charge in [0.05, 0.1) is 6.61 Å². The molecule has 1 aliphatic rings. The van der Waals surface area contributed by atoms with Crippen molar-refractivity contribution in [3.8, 4) is 0 Å². The fraction of sp³-hybridized carbons (Fsp3) is 0.429. The number of hydrogen-bond donors (Lipinski definition) is 0. The first-order valence-electron chi connectivity index (χ1n) is 6.25. The third-order valence-corrected chi connectivity index (χ3v) is 3.05. The second-order valence-electron chi connectivity index (χ2n) is 4.26. The van der Waals surface area contributed by atoms with Crippen molar-refractivity contribution in [2.24, 2.45) is 0 Å². The number of carbonyl (C=O) groups is 2. The highest BCUT2D eigenvalue weighted by Crippen LogP contribution is 2.27. The van der Waals surface area contributed by atoms with Crippen LogP contribution in [0.1, 0.15) is 31.4 Å². The van der Waals surface area contributed by atoms with Crippen LogP contribution >= 0.6 is 0 Å². The first kappa shape index (κ1) is 12.6. The molecule has 2 rings (SSSR count). The van der Waals surface area contributed by atoms with Gasteiger partial charge in [0.2, 0.25) is 5.91 Å². The topological polar surface area (TPSA) is 46.6 Å². The molecule has 18 heavy (non-hydrogen) atoms. The second-order valence-corrected chi connectivity index (χ2v) is 4.26. The minimum absolute atomic E-state index is 0.0249. The lowest BCUT2D eigenvalue weighted by Crippen LogP contribution is -2.36. The minimum atomic E-state index is -0.596. The van der Waals surface area contributed by atoms with Crippen LogP contribution in [0.5, 0.6) is 0 Å². The van der Waals surface area contributed by atoms with Gasteiger partial charge < -0.3 is 9.64 Å². The Morgan fingerprint density at radius 3 is 2.67 bits per heavy atom. The van der Waals surface area contributed by atoms with E-state index in [1.54, 1.807) is 11.8 Å². The molecule has 1 aromatic rings. The summed E-state index contributed by atoms with van der Waals surface area (Å²) < 4.78 is 5.09. The van der Waals surface area contributed by atoms with Gasteiger partial charge in [0.15, 0.2) is 6.04 Å². The quantitative estimate of drug-likeness (QED) is 0.764. The van der Waals surface area contributed by atoms with Gasteiger partial charge in [-0.05, 0) is 18.9 Å². The third-order valence-electron chi connectivity index (χ3n) is 3.05. The molecular formula is C14H17NO3. The summed E-state index contributed by atoms with van der Waals surface area (Å²) in [6.45, 7) is 2.72. The maximum absolute atomic E-state index is 12.1. The number of likely N-dealkylation sites (tertiary alicyclic amines) is 1. The average molecular weight is 247 g/mol. The smallest absolute Gasteiger partial charge is 0.333 e. The normalized spacial score (nSPS) is 16.7. The molecule has 0 saturated carbocycles. The van der Waals surface area contributed by atoms with Gasteiger partial charge in [0, 0.05) is 13.0 Å². The van der Waals surface area contributed by atoms with Crippen molar-refractivity contribution in [1.29, 1.82) is 0 Å². The first-order chi connectivity index (χ1) is 8.74. The van der Waals surface area contributed by atoms with Gasteiger partial charge in [0.25, 0.3) is 0 Å². The molecule has 4 nitrogen and oxygen atoms in total. The number of amides is 1. The molecule has 1 aromatic carbocycles. The van der Waals surface area contributed by atoms with Crippen molar-refractivity contribution in [2.45, 2.75) is 25.8 Å². The highest BCUT2D eigenvalue weighted by molar-refractivity contribution is 5.86. The Labute approximate surface area is 107 Å².